The number of nitro benzene ring substituents is 1. The van der Waals surface area contributed by atoms with Gasteiger partial charge in [0.15, 0.2) is 0 Å². The van der Waals surface area contributed by atoms with Gasteiger partial charge in [0.2, 0.25) is 0 Å². The second-order valence-corrected chi connectivity index (χ2v) is 5.78. The van der Waals surface area contributed by atoms with Crippen molar-refractivity contribution >= 4 is 5.69 Å². The maximum atomic E-state index is 10.9. The van der Waals surface area contributed by atoms with Gasteiger partial charge >= 0.3 is 0 Å². The van der Waals surface area contributed by atoms with Crippen molar-refractivity contribution in [3.05, 3.63) is 39.9 Å². The second kappa shape index (κ2) is 6.33. The van der Waals surface area contributed by atoms with Crippen LogP contribution >= 0.6 is 0 Å². The summed E-state index contributed by atoms with van der Waals surface area (Å²) in [4.78, 5) is 12.9. The Balaban J connectivity index is 2.12. The molecule has 0 bridgehead atoms. The lowest BCUT2D eigenvalue weighted by atomic mass is 9.86. The minimum Gasteiger partial charge on any atom is -0.330 e. The topological polar surface area (TPSA) is 72.4 Å². The van der Waals surface area contributed by atoms with E-state index in [0.717, 1.165) is 25.1 Å². The van der Waals surface area contributed by atoms with Crippen LogP contribution in [0.2, 0.25) is 0 Å². The monoisotopic (exact) mass is 277 g/mol. The van der Waals surface area contributed by atoms with E-state index in [0.29, 0.717) is 18.4 Å². The summed E-state index contributed by atoms with van der Waals surface area (Å²) in [5.41, 5.74) is 7.01. The molecule has 1 aromatic carbocycles. The SMILES string of the molecule is CC1CCN(C(C)c2cccc([N+](=O)[O-])c2)CC1CN. The molecular weight excluding hydrogens is 254 g/mol. The van der Waals surface area contributed by atoms with Crippen LogP contribution < -0.4 is 5.73 Å². The fourth-order valence-corrected chi connectivity index (χ4v) is 2.95. The molecule has 20 heavy (non-hydrogen) atoms. The van der Waals surface area contributed by atoms with Crippen molar-refractivity contribution in [2.75, 3.05) is 19.6 Å². The summed E-state index contributed by atoms with van der Waals surface area (Å²) in [7, 11) is 0. The van der Waals surface area contributed by atoms with Crippen molar-refractivity contribution in [1.82, 2.24) is 4.90 Å². The number of non-ortho nitro benzene ring substituents is 1. The number of piperidine rings is 1. The molecule has 0 spiro atoms. The van der Waals surface area contributed by atoms with E-state index in [1.165, 1.54) is 6.07 Å². The maximum absolute atomic E-state index is 10.9. The predicted molar refractivity (Wildman–Crippen MR) is 79.4 cm³/mol. The molecule has 3 atom stereocenters. The first-order valence-electron chi connectivity index (χ1n) is 7.21. The molecular formula is C15H23N3O2. The van der Waals surface area contributed by atoms with Gasteiger partial charge in [-0.1, -0.05) is 19.1 Å². The van der Waals surface area contributed by atoms with Crippen molar-refractivity contribution < 1.29 is 4.92 Å². The number of benzene rings is 1. The Morgan fingerprint density at radius 3 is 2.95 bits per heavy atom. The lowest BCUT2D eigenvalue weighted by Gasteiger charge is -2.40. The van der Waals surface area contributed by atoms with Crippen molar-refractivity contribution in [2.45, 2.75) is 26.3 Å². The van der Waals surface area contributed by atoms with E-state index in [9.17, 15) is 10.1 Å². The lowest BCUT2D eigenvalue weighted by Crippen LogP contribution is -2.43. The molecule has 0 aliphatic carbocycles. The average molecular weight is 277 g/mol. The van der Waals surface area contributed by atoms with Gasteiger partial charge in [-0.3, -0.25) is 15.0 Å². The molecule has 0 aromatic heterocycles. The van der Waals surface area contributed by atoms with Gasteiger partial charge < -0.3 is 5.73 Å². The van der Waals surface area contributed by atoms with Crippen LogP contribution in [0.3, 0.4) is 0 Å². The van der Waals surface area contributed by atoms with E-state index in [2.05, 4.69) is 18.7 Å². The van der Waals surface area contributed by atoms with E-state index < -0.39 is 0 Å². The third kappa shape index (κ3) is 3.16. The van der Waals surface area contributed by atoms with Gasteiger partial charge in [0, 0.05) is 24.7 Å². The summed E-state index contributed by atoms with van der Waals surface area (Å²) in [6.45, 7) is 7.08. The van der Waals surface area contributed by atoms with Gasteiger partial charge in [-0.25, -0.2) is 0 Å². The van der Waals surface area contributed by atoms with Crippen LogP contribution in [0.25, 0.3) is 0 Å². The first-order valence-corrected chi connectivity index (χ1v) is 7.21. The highest BCUT2D eigenvalue weighted by atomic mass is 16.6. The van der Waals surface area contributed by atoms with Crippen LogP contribution in [0, 0.1) is 22.0 Å². The Morgan fingerprint density at radius 1 is 1.55 bits per heavy atom. The molecule has 1 aliphatic heterocycles. The van der Waals surface area contributed by atoms with E-state index in [-0.39, 0.29) is 16.7 Å². The Bertz CT molecular complexity index is 478. The van der Waals surface area contributed by atoms with Crippen LogP contribution in [0.5, 0.6) is 0 Å². The predicted octanol–water partition coefficient (Wildman–Crippen LogP) is 2.57. The Hall–Kier alpha value is -1.46. The molecule has 1 saturated heterocycles. The zero-order chi connectivity index (χ0) is 14.7. The molecule has 0 amide bonds. The van der Waals surface area contributed by atoms with Crippen LogP contribution in [0.1, 0.15) is 31.9 Å². The second-order valence-electron chi connectivity index (χ2n) is 5.78. The number of rotatable bonds is 4. The molecule has 0 radical (unpaired) electrons. The van der Waals surface area contributed by atoms with Crippen molar-refractivity contribution in [1.29, 1.82) is 0 Å². The number of hydrogen-bond acceptors (Lipinski definition) is 4. The van der Waals surface area contributed by atoms with Gasteiger partial charge in [0.25, 0.3) is 5.69 Å². The molecule has 1 aliphatic rings. The van der Waals surface area contributed by atoms with Crippen LogP contribution in [-0.4, -0.2) is 29.5 Å². The summed E-state index contributed by atoms with van der Waals surface area (Å²) in [6, 6.07) is 7.14. The Labute approximate surface area is 119 Å². The van der Waals surface area contributed by atoms with E-state index in [1.807, 2.05) is 6.07 Å². The minimum absolute atomic E-state index is 0.162. The molecule has 1 heterocycles. The standard InChI is InChI=1S/C15H23N3O2/c1-11-6-7-17(10-14(11)9-16)12(2)13-4-3-5-15(8-13)18(19)20/h3-5,8,11-12,14H,6-7,9-10,16H2,1-2H3. The Morgan fingerprint density at radius 2 is 2.30 bits per heavy atom. The van der Waals surface area contributed by atoms with Crippen molar-refractivity contribution in [2.24, 2.45) is 17.6 Å². The fraction of sp³-hybridized carbons (Fsp3) is 0.600. The zero-order valence-electron chi connectivity index (χ0n) is 12.2. The molecule has 2 rings (SSSR count). The van der Waals surface area contributed by atoms with Gasteiger partial charge in [-0.15, -0.1) is 0 Å². The van der Waals surface area contributed by atoms with Crippen molar-refractivity contribution in [3.63, 3.8) is 0 Å². The summed E-state index contributed by atoms with van der Waals surface area (Å²) in [5.74, 6) is 1.18. The zero-order valence-corrected chi connectivity index (χ0v) is 12.2. The van der Waals surface area contributed by atoms with Crippen molar-refractivity contribution in [3.8, 4) is 0 Å². The molecule has 5 heteroatoms. The third-order valence-electron chi connectivity index (χ3n) is 4.56. The van der Waals surface area contributed by atoms with Gasteiger partial charge in [-0.2, -0.15) is 0 Å². The highest BCUT2D eigenvalue weighted by molar-refractivity contribution is 5.35. The van der Waals surface area contributed by atoms with Gasteiger partial charge in [0.1, 0.15) is 0 Å². The first-order chi connectivity index (χ1) is 9.52. The number of nitrogens with zero attached hydrogens (tertiary/aromatic N) is 2. The van der Waals surface area contributed by atoms with E-state index in [1.54, 1.807) is 12.1 Å². The molecule has 1 aromatic rings. The highest BCUT2D eigenvalue weighted by Crippen LogP contribution is 2.30. The Kier molecular flexibility index (Phi) is 4.73. The average Bonchev–Trinajstić information content (AvgIpc) is 2.47. The van der Waals surface area contributed by atoms with Gasteiger partial charge in [-0.05, 0) is 43.8 Å². The molecule has 0 saturated carbocycles. The molecule has 1 fully saturated rings. The summed E-state index contributed by atoms with van der Waals surface area (Å²) in [5, 5.41) is 10.9. The van der Waals surface area contributed by atoms with E-state index in [4.69, 9.17) is 5.73 Å². The fourth-order valence-electron chi connectivity index (χ4n) is 2.95. The van der Waals surface area contributed by atoms with Gasteiger partial charge in [0.05, 0.1) is 4.92 Å². The number of hydrogen-bond donors (Lipinski definition) is 1. The van der Waals surface area contributed by atoms with Crippen LogP contribution in [0.15, 0.2) is 24.3 Å². The minimum atomic E-state index is -0.336. The molecule has 2 N–H and O–H groups in total. The summed E-state index contributed by atoms with van der Waals surface area (Å²) < 4.78 is 0. The molecule has 5 nitrogen and oxygen atoms in total. The highest BCUT2D eigenvalue weighted by Gasteiger charge is 2.28. The quantitative estimate of drug-likeness (QED) is 0.678. The number of nitrogens with two attached hydrogens (primary N) is 1. The smallest absolute Gasteiger partial charge is 0.269 e. The molecule has 110 valence electrons. The summed E-state index contributed by atoms with van der Waals surface area (Å²) >= 11 is 0. The normalized spacial score (nSPS) is 25.4. The van der Waals surface area contributed by atoms with Crippen LogP contribution in [-0.2, 0) is 0 Å². The molecule has 3 unspecified atom stereocenters. The lowest BCUT2D eigenvalue weighted by molar-refractivity contribution is -0.385. The number of nitro groups is 1. The summed E-state index contributed by atoms with van der Waals surface area (Å²) in [6.07, 6.45) is 1.14. The maximum Gasteiger partial charge on any atom is 0.269 e. The third-order valence-corrected chi connectivity index (χ3v) is 4.56. The van der Waals surface area contributed by atoms with Crippen LogP contribution in [0.4, 0.5) is 5.69 Å². The largest absolute Gasteiger partial charge is 0.330 e. The van der Waals surface area contributed by atoms with E-state index >= 15 is 0 Å². The first kappa shape index (κ1) is 14.9. The number of likely N-dealkylation sites (tertiary alicyclic amines) is 1.